The van der Waals surface area contributed by atoms with Gasteiger partial charge in [-0.25, -0.2) is 0 Å². The van der Waals surface area contributed by atoms with Gasteiger partial charge in [0.1, 0.15) is 9.88 Å². The van der Waals surface area contributed by atoms with Crippen molar-refractivity contribution in [3.05, 3.63) is 20.3 Å². The Morgan fingerprint density at radius 3 is 2.89 bits per heavy atom. The molecular formula is C12H13Cl2NO2S. The summed E-state index contributed by atoms with van der Waals surface area (Å²) in [7, 11) is 0. The molecule has 1 unspecified atom stereocenters. The molecule has 0 N–H and O–H groups in total. The summed E-state index contributed by atoms with van der Waals surface area (Å²) in [6.45, 7) is 2.13. The smallest absolute Gasteiger partial charge is 0.326 e. The van der Waals surface area contributed by atoms with E-state index in [0.29, 0.717) is 22.5 Å². The third-order valence-corrected chi connectivity index (χ3v) is 5.78. The fourth-order valence-electron chi connectivity index (χ4n) is 2.89. The van der Waals surface area contributed by atoms with E-state index in [2.05, 4.69) is 4.90 Å². The van der Waals surface area contributed by atoms with Crippen LogP contribution in [-0.4, -0.2) is 29.6 Å². The lowest BCUT2D eigenvalue weighted by Gasteiger charge is -2.30. The zero-order chi connectivity index (χ0) is 12.8. The first-order chi connectivity index (χ1) is 8.63. The molecule has 3 nitrogen and oxygen atoms in total. The fourth-order valence-corrected chi connectivity index (χ4v) is 4.13. The van der Waals surface area contributed by atoms with E-state index in [1.807, 2.05) is 5.38 Å². The van der Waals surface area contributed by atoms with Crippen molar-refractivity contribution in [3.8, 4) is 0 Å². The normalized spacial score (nSPS) is 28.2. The van der Waals surface area contributed by atoms with Crippen LogP contribution in [0.2, 0.25) is 9.36 Å². The average molecular weight is 306 g/mol. The van der Waals surface area contributed by atoms with Crippen LogP contribution >= 0.6 is 34.5 Å². The Bertz CT molecular complexity index is 486. The van der Waals surface area contributed by atoms with Crippen LogP contribution in [0.5, 0.6) is 0 Å². The van der Waals surface area contributed by atoms with Crippen LogP contribution in [0.15, 0.2) is 5.38 Å². The van der Waals surface area contributed by atoms with Gasteiger partial charge in [-0.1, -0.05) is 23.2 Å². The predicted molar refractivity (Wildman–Crippen MR) is 72.3 cm³/mol. The topological polar surface area (TPSA) is 29.5 Å². The van der Waals surface area contributed by atoms with Crippen LogP contribution in [0.4, 0.5) is 0 Å². The maximum Gasteiger partial charge on any atom is 0.326 e. The van der Waals surface area contributed by atoms with Gasteiger partial charge in [0.05, 0.1) is 11.6 Å². The number of ether oxygens (including phenoxy) is 1. The number of halogens is 2. The monoisotopic (exact) mass is 305 g/mol. The second kappa shape index (κ2) is 4.67. The van der Waals surface area contributed by atoms with Crippen LogP contribution in [0, 0.1) is 0 Å². The fraction of sp³-hybridized carbons (Fsp3) is 0.583. The largest absolute Gasteiger partial charge is 0.464 e. The SMILES string of the molecule is O=C1OCCC12CCCN2Cc1csc(Cl)c1Cl. The first kappa shape index (κ1) is 12.7. The molecule has 1 aromatic rings. The minimum Gasteiger partial charge on any atom is -0.464 e. The first-order valence-electron chi connectivity index (χ1n) is 5.97. The average Bonchev–Trinajstić information content (AvgIpc) is 3.00. The molecule has 2 fully saturated rings. The summed E-state index contributed by atoms with van der Waals surface area (Å²) in [5.41, 5.74) is 0.602. The number of esters is 1. The molecule has 1 spiro atoms. The van der Waals surface area contributed by atoms with Gasteiger partial charge in [-0.05, 0) is 30.3 Å². The highest BCUT2D eigenvalue weighted by Gasteiger charge is 2.51. The third kappa shape index (κ3) is 1.86. The lowest BCUT2D eigenvalue weighted by molar-refractivity contribution is -0.147. The Balaban J connectivity index is 1.84. The van der Waals surface area contributed by atoms with E-state index < -0.39 is 5.54 Å². The highest BCUT2D eigenvalue weighted by molar-refractivity contribution is 7.15. The van der Waals surface area contributed by atoms with Crippen molar-refractivity contribution in [2.24, 2.45) is 0 Å². The Kier molecular flexibility index (Phi) is 3.30. The number of thiophene rings is 1. The van der Waals surface area contributed by atoms with Gasteiger partial charge in [-0.2, -0.15) is 0 Å². The van der Waals surface area contributed by atoms with Crippen LogP contribution in [-0.2, 0) is 16.1 Å². The molecule has 3 rings (SSSR count). The molecule has 6 heteroatoms. The highest BCUT2D eigenvalue weighted by atomic mass is 35.5. The molecule has 1 aromatic heterocycles. The first-order valence-corrected chi connectivity index (χ1v) is 7.61. The van der Waals surface area contributed by atoms with Crippen LogP contribution in [0.1, 0.15) is 24.8 Å². The summed E-state index contributed by atoms with van der Waals surface area (Å²) in [6.07, 6.45) is 2.72. The van der Waals surface area contributed by atoms with Gasteiger partial charge in [-0.15, -0.1) is 11.3 Å². The van der Waals surface area contributed by atoms with Crippen molar-refractivity contribution < 1.29 is 9.53 Å². The molecule has 98 valence electrons. The summed E-state index contributed by atoms with van der Waals surface area (Å²) in [5.74, 6) is -0.0718. The van der Waals surface area contributed by atoms with Crippen molar-refractivity contribution in [2.45, 2.75) is 31.3 Å². The summed E-state index contributed by atoms with van der Waals surface area (Å²) in [6, 6.07) is 0. The molecule has 3 heterocycles. The lowest BCUT2D eigenvalue weighted by Crippen LogP contribution is -2.47. The number of hydrogen-bond acceptors (Lipinski definition) is 4. The number of hydrogen-bond donors (Lipinski definition) is 0. The molecule has 18 heavy (non-hydrogen) atoms. The minimum atomic E-state index is -0.405. The summed E-state index contributed by atoms with van der Waals surface area (Å²) in [4.78, 5) is 14.2. The Labute approximate surface area is 120 Å². The quantitative estimate of drug-likeness (QED) is 0.785. The van der Waals surface area contributed by atoms with E-state index in [-0.39, 0.29) is 5.97 Å². The molecule has 0 amide bonds. The van der Waals surface area contributed by atoms with E-state index in [0.717, 1.165) is 31.4 Å². The predicted octanol–water partition coefficient (Wildman–Crippen LogP) is 3.34. The van der Waals surface area contributed by atoms with Crippen molar-refractivity contribution in [1.29, 1.82) is 0 Å². The third-order valence-electron chi connectivity index (χ3n) is 3.87. The molecule has 0 radical (unpaired) electrons. The van der Waals surface area contributed by atoms with Gasteiger partial charge in [0, 0.05) is 13.0 Å². The number of nitrogens with zero attached hydrogens (tertiary/aromatic N) is 1. The van der Waals surface area contributed by atoms with E-state index in [9.17, 15) is 4.79 Å². The Hall–Kier alpha value is -0.290. The maximum absolute atomic E-state index is 12.0. The zero-order valence-electron chi connectivity index (χ0n) is 9.75. The Morgan fingerprint density at radius 2 is 2.28 bits per heavy atom. The van der Waals surface area contributed by atoms with Gasteiger partial charge in [-0.3, -0.25) is 9.69 Å². The number of likely N-dealkylation sites (tertiary alicyclic amines) is 1. The van der Waals surface area contributed by atoms with E-state index in [1.165, 1.54) is 11.3 Å². The Morgan fingerprint density at radius 1 is 1.44 bits per heavy atom. The molecule has 0 saturated carbocycles. The second-order valence-corrected chi connectivity index (χ2v) is 6.65. The molecular weight excluding hydrogens is 293 g/mol. The lowest BCUT2D eigenvalue weighted by atomic mass is 9.94. The number of carbonyl (C=O) groups is 1. The highest BCUT2D eigenvalue weighted by Crippen LogP contribution is 2.40. The molecule has 2 saturated heterocycles. The van der Waals surface area contributed by atoms with Crippen molar-refractivity contribution in [1.82, 2.24) is 4.90 Å². The zero-order valence-corrected chi connectivity index (χ0v) is 12.1. The molecule has 1 atom stereocenters. The molecule has 0 aromatic carbocycles. The van der Waals surface area contributed by atoms with Gasteiger partial charge in [0.2, 0.25) is 0 Å². The number of carbonyl (C=O) groups excluding carboxylic acids is 1. The molecule has 0 aliphatic carbocycles. The van der Waals surface area contributed by atoms with Gasteiger partial charge >= 0.3 is 5.97 Å². The van der Waals surface area contributed by atoms with Gasteiger partial charge in [0.25, 0.3) is 0 Å². The summed E-state index contributed by atoms with van der Waals surface area (Å²) >= 11 is 13.6. The van der Waals surface area contributed by atoms with Gasteiger partial charge < -0.3 is 4.74 Å². The van der Waals surface area contributed by atoms with Crippen LogP contribution in [0.3, 0.4) is 0 Å². The van der Waals surface area contributed by atoms with Crippen molar-refractivity contribution >= 4 is 40.5 Å². The molecule has 2 aliphatic heterocycles. The standard InChI is InChI=1S/C12H13Cl2NO2S/c13-9-8(7-18-10(9)14)6-15-4-1-2-12(15)3-5-17-11(12)16/h7H,1-6H2. The summed E-state index contributed by atoms with van der Waals surface area (Å²) in [5, 5.41) is 2.59. The van der Waals surface area contributed by atoms with E-state index in [4.69, 9.17) is 27.9 Å². The molecule has 0 bridgehead atoms. The van der Waals surface area contributed by atoms with Crippen LogP contribution in [0.25, 0.3) is 0 Å². The minimum absolute atomic E-state index is 0.0718. The van der Waals surface area contributed by atoms with Crippen LogP contribution < -0.4 is 0 Å². The van der Waals surface area contributed by atoms with E-state index >= 15 is 0 Å². The van der Waals surface area contributed by atoms with Crippen molar-refractivity contribution in [2.75, 3.05) is 13.2 Å². The maximum atomic E-state index is 12.0. The van der Waals surface area contributed by atoms with E-state index in [1.54, 1.807) is 0 Å². The summed E-state index contributed by atoms with van der Waals surface area (Å²) < 4.78 is 5.78. The number of rotatable bonds is 2. The van der Waals surface area contributed by atoms with Gasteiger partial charge in [0.15, 0.2) is 0 Å². The second-order valence-electron chi connectivity index (χ2n) is 4.79. The number of cyclic esters (lactones) is 1. The van der Waals surface area contributed by atoms with Crippen molar-refractivity contribution in [3.63, 3.8) is 0 Å². The molecule has 2 aliphatic rings.